The Morgan fingerprint density at radius 2 is 1.68 bits per heavy atom. The van der Waals surface area contributed by atoms with Crippen molar-refractivity contribution in [2.75, 3.05) is 25.0 Å². The van der Waals surface area contributed by atoms with Crippen molar-refractivity contribution in [1.29, 1.82) is 5.26 Å². The number of carbonyl (C=O) groups is 2. The molecule has 1 unspecified atom stereocenters. The minimum Gasteiger partial charge on any atom is -0.327 e. The highest BCUT2D eigenvalue weighted by molar-refractivity contribution is 6.35. The van der Waals surface area contributed by atoms with Crippen LogP contribution in [0.2, 0.25) is 10.0 Å². The molecule has 0 aliphatic carbocycles. The third-order valence-electron chi connectivity index (χ3n) is 6.19. The molecule has 0 saturated carbocycles. The van der Waals surface area contributed by atoms with E-state index in [-0.39, 0.29) is 30.8 Å². The van der Waals surface area contributed by atoms with Crippen molar-refractivity contribution < 1.29 is 9.59 Å². The highest BCUT2D eigenvalue weighted by atomic mass is 35.5. The Labute approximate surface area is 234 Å². The largest absolute Gasteiger partial charge is 0.327 e. The van der Waals surface area contributed by atoms with E-state index in [1.807, 2.05) is 49.4 Å². The van der Waals surface area contributed by atoms with E-state index in [4.69, 9.17) is 23.2 Å². The zero-order valence-corrected chi connectivity index (χ0v) is 23.1. The predicted octanol–water partition coefficient (Wildman–Crippen LogP) is 6.84. The van der Waals surface area contributed by atoms with Crippen LogP contribution in [0.5, 0.6) is 0 Å². The quantitative estimate of drug-likeness (QED) is 0.242. The van der Waals surface area contributed by atoms with Gasteiger partial charge in [-0.3, -0.25) is 9.59 Å². The molecule has 0 bridgehead atoms. The molecular formula is C30H32Cl2N4O2. The topological polar surface area (TPSA) is 85.2 Å². The number of unbranched alkanes of at least 4 members (excludes halogenated alkanes) is 1. The third kappa shape index (κ3) is 8.59. The Morgan fingerprint density at radius 1 is 0.974 bits per heavy atom. The van der Waals surface area contributed by atoms with Crippen LogP contribution < -0.4 is 10.6 Å². The molecule has 6 nitrogen and oxygen atoms in total. The van der Waals surface area contributed by atoms with Crippen LogP contribution in [-0.2, 0) is 9.59 Å². The van der Waals surface area contributed by atoms with Gasteiger partial charge in [-0.05, 0) is 66.9 Å². The molecule has 3 aromatic carbocycles. The summed E-state index contributed by atoms with van der Waals surface area (Å²) >= 11 is 12.1. The smallest absolute Gasteiger partial charge is 0.244 e. The highest BCUT2D eigenvalue weighted by Crippen LogP contribution is 2.27. The molecule has 0 fully saturated rings. The molecule has 0 heterocycles. The molecule has 1 atom stereocenters. The van der Waals surface area contributed by atoms with E-state index in [0.717, 1.165) is 36.1 Å². The molecule has 3 rings (SSSR count). The first kappa shape index (κ1) is 29.2. The van der Waals surface area contributed by atoms with E-state index in [1.54, 1.807) is 29.2 Å². The van der Waals surface area contributed by atoms with Crippen molar-refractivity contribution in [2.45, 2.75) is 39.2 Å². The first-order valence-corrected chi connectivity index (χ1v) is 13.4. The molecule has 3 aromatic rings. The fourth-order valence-electron chi connectivity index (χ4n) is 4.09. The Bertz CT molecular complexity index is 1270. The van der Waals surface area contributed by atoms with Crippen molar-refractivity contribution >= 4 is 40.7 Å². The average Bonchev–Trinajstić information content (AvgIpc) is 2.90. The summed E-state index contributed by atoms with van der Waals surface area (Å²) in [5.41, 5.74) is 3.87. The van der Waals surface area contributed by atoms with E-state index < -0.39 is 0 Å². The van der Waals surface area contributed by atoms with Crippen LogP contribution in [0, 0.1) is 11.3 Å². The van der Waals surface area contributed by atoms with Gasteiger partial charge < -0.3 is 15.5 Å². The average molecular weight is 552 g/mol. The molecule has 0 radical (unpaired) electrons. The number of nitrogens with one attached hydrogen (secondary N) is 2. The maximum absolute atomic E-state index is 13.3. The van der Waals surface area contributed by atoms with Gasteiger partial charge in [-0.1, -0.05) is 72.9 Å². The summed E-state index contributed by atoms with van der Waals surface area (Å²) in [6.07, 6.45) is 2.40. The molecule has 198 valence electrons. The summed E-state index contributed by atoms with van der Waals surface area (Å²) in [5.74, 6) is -0.459. The summed E-state index contributed by atoms with van der Waals surface area (Å²) in [6.45, 7) is 5.31. The fraction of sp³-hybridized carbons (Fsp3) is 0.300. The van der Waals surface area contributed by atoms with E-state index in [0.29, 0.717) is 27.8 Å². The number of nitrogens with zero attached hydrogens (tertiary/aromatic N) is 2. The van der Waals surface area contributed by atoms with Crippen LogP contribution in [0.4, 0.5) is 5.69 Å². The number of hydrogen-bond donors (Lipinski definition) is 2. The number of rotatable bonds is 12. The lowest BCUT2D eigenvalue weighted by atomic mass is 9.99. The number of nitriles is 1. The molecule has 8 heteroatoms. The molecule has 0 aliphatic heterocycles. The van der Waals surface area contributed by atoms with E-state index in [2.05, 4.69) is 23.6 Å². The summed E-state index contributed by atoms with van der Waals surface area (Å²) in [7, 11) is 0. The molecule has 2 N–H and O–H groups in total. The second-order valence-corrected chi connectivity index (χ2v) is 9.94. The summed E-state index contributed by atoms with van der Waals surface area (Å²) in [5, 5.41) is 16.1. The minimum absolute atomic E-state index is 0.119. The van der Waals surface area contributed by atoms with Gasteiger partial charge in [0, 0.05) is 28.7 Å². The Morgan fingerprint density at radius 3 is 2.34 bits per heavy atom. The van der Waals surface area contributed by atoms with E-state index in [9.17, 15) is 14.9 Å². The second kappa shape index (κ2) is 14.5. The lowest BCUT2D eigenvalue weighted by Crippen LogP contribution is -2.40. The van der Waals surface area contributed by atoms with Gasteiger partial charge in [0.05, 0.1) is 17.7 Å². The van der Waals surface area contributed by atoms with Crippen LogP contribution in [-0.4, -0.2) is 36.3 Å². The minimum atomic E-state index is -0.341. The third-order valence-corrected chi connectivity index (χ3v) is 6.63. The number of benzene rings is 3. The summed E-state index contributed by atoms with van der Waals surface area (Å²) in [4.78, 5) is 27.8. The molecule has 0 aromatic heterocycles. The van der Waals surface area contributed by atoms with Gasteiger partial charge in [-0.2, -0.15) is 5.26 Å². The Hall–Kier alpha value is -3.37. The number of halogens is 2. The van der Waals surface area contributed by atoms with Crippen LogP contribution in [0.3, 0.4) is 0 Å². The Balaban J connectivity index is 1.77. The van der Waals surface area contributed by atoms with Gasteiger partial charge in [0.15, 0.2) is 0 Å². The predicted molar refractivity (Wildman–Crippen MR) is 154 cm³/mol. The van der Waals surface area contributed by atoms with Crippen LogP contribution in [0.15, 0.2) is 66.7 Å². The van der Waals surface area contributed by atoms with Crippen LogP contribution in [0.1, 0.15) is 50.3 Å². The van der Waals surface area contributed by atoms with E-state index in [1.165, 1.54) is 0 Å². The van der Waals surface area contributed by atoms with Gasteiger partial charge in [0.25, 0.3) is 0 Å². The van der Waals surface area contributed by atoms with E-state index >= 15 is 0 Å². The zero-order chi connectivity index (χ0) is 27.5. The van der Waals surface area contributed by atoms with Gasteiger partial charge in [-0.25, -0.2) is 0 Å². The summed E-state index contributed by atoms with van der Waals surface area (Å²) in [6, 6.07) is 21.9. The molecule has 0 spiro atoms. The van der Waals surface area contributed by atoms with Crippen molar-refractivity contribution in [3.8, 4) is 17.2 Å². The maximum atomic E-state index is 13.3. The first-order chi connectivity index (χ1) is 18.3. The highest BCUT2D eigenvalue weighted by Gasteiger charge is 2.24. The standard InChI is InChI=1S/C30H32Cl2N4O2/c1-3-4-13-34-14-12-30(38)36(20-29(37)35-28-17-26(31)16-27(32)18-28)21(2)23-8-10-24(11-9-23)25-7-5-6-22(15-25)19-33/h5-11,15-18,21,34H,3-4,12-14,20H2,1-2H3,(H,35,37). The monoisotopic (exact) mass is 550 g/mol. The van der Waals surface area contributed by atoms with Gasteiger partial charge >= 0.3 is 0 Å². The first-order valence-electron chi connectivity index (χ1n) is 12.7. The van der Waals surface area contributed by atoms with Crippen molar-refractivity contribution in [1.82, 2.24) is 10.2 Å². The SMILES string of the molecule is CCCCNCCC(=O)N(CC(=O)Nc1cc(Cl)cc(Cl)c1)C(C)c1ccc(-c2cccc(C#N)c2)cc1. The molecule has 0 aliphatic rings. The fourth-order valence-corrected chi connectivity index (χ4v) is 4.62. The molecule has 2 amide bonds. The van der Waals surface area contributed by atoms with Crippen molar-refractivity contribution in [3.63, 3.8) is 0 Å². The van der Waals surface area contributed by atoms with Crippen molar-refractivity contribution in [2.24, 2.45) is 0 Å². The summed E-state index contributed by atoms with van der Waals surface area (Å²) < 4.78 is 0. The second-order valence-electron chi connectivity index (χ2n) is 9.07. The zero-order valence-electron chi connectivity index (χ0n) is 21.6. The number of anilines is 1. The molecular weight excluding hydrogens is 519 g/mol. The number of amides is 2. The Kier molecular flexibility index (Phi) is 11.2. The van der Waals surface area contributed by atoms with Crippen LogP contribution in [0.25, 0.3) is 11.1 Å². The number of carbonyl (C=O) groups excluding carboxylic acids is 2. The van der Waals surface area contributed by atoms with Gasteiger partial charge in [-0.15, -0.1) is 0 Å². The number of hydrogen-bond acceptors (Lipinski definition) is 4. The lowest BCUT2D eigenvalue weighted by Gasteiger charge is -2.29. The van der Waals surface area contributed by atoms with Gasteiger partial charge in [0.1, 0.15) is 6.54 Å². The van der Waals surface area contributed by atoms with Crippen LogP contribution >= 0.6 is 23.2 Å². The molecule has 0 saturated heterocycles. The molecule has 38 heavy (non-hydrogen) atoms. The lowest BCUT2D eigenvalue weighted by molar-refractivity contribution is -0.136. The van der Waals surface area contributed by atoms with Crippen molar-refractivity contribution in [3.05, 3.63) is 87.9 Å². The van der Waals surface area contributed by atoms with Gasteiger partial charge in [0.2, 0.25) is 11.8 Å². The maximum Gasteiger partial charge on any atom is 0.244 e. The normalized spacial score (nSPS) is 11.4.